The smallest absolute Gasteiger partial charge is 0.140 e. The number of hydrogen-bond acceptors (Lipinski definition) is 4. The number of nitrogens with two attached hydrogens (primary N) is 1. The monoisotopic (exact) mass is 248 g/mol. The standard InChI is InChI=1S/C13H20N4O/c1-8-6-9(2)16-12(10(8)11(14)15)17-5-4-13(3,18)7-17/h6,18H,4-5,7H2,1-3H3,(H3,14,15). The molecule has 1 aromatic rings. The molecule has 2 rings (SSSR count). The van der Waals surface area contributed by atoms with Crippen LogP contribution in [-0.2, 0) is 0 Å². The normalized spacial score (nSPS) is 23.4. The predicted octanol–water partition coefficient (Wildman–Crippen LogP) is 0.944. The van der Waals surface area contributed by atoms with Crippen molar-refractivity contribution in [1.82, 2.24) is 4.98 Å². The largest absolute Gasteiger partial charge is 0.388 e. The van der Waals surface area contributed by atoms with Crippen molar-refractivity contribution in [3.63, 3.8) is 0 Å². The Hall–Kier alpha value is -1.62. The average molecular weight is 248 g/mol. The molecular weight excluding hydrogens is 228 g/mol. The summed E-state index contributed by atoms with van der Waals surface area (Å²) in [6.45, 7) is 6.95. The number of β-amino-alcohol motifs (C(OH)–C–C–N with tert-alkyl or cyclic N) is 1. The Morgan fingerprint density at radius 2 is 2.22 bits per heavy atom. The molecule has 5 heteroatoms. The van der Waals surface area contributed by atoms with Crippen molar-refractivity contribution < 1.29 is 5.11 Å². The summed E-state index contributed by atoms with van der Waals surface area (Å²) in [5.74, 6) is 0.749. The van der Waals surface area contributed by atoms with E-state index in [2.05, 4.69) is 4.98 Å². The third kappa shape index (κ3) is 2.31. The van der Waals surface area contributed by atoms with Crippen LogP contribution < -0.4 is 10.6 Å². The van der Waals surface area contributed by atoms with Crippen LogP contribution in [0.25, 0.3) is 0 Å². The molecule has 0 radical (unpaired) electrons. The molecule has 0 aliphatic carbocycles. The molecule has 0 saturated carbocycles. The number of nitrogens with zero attached hydrogens (tertiary/aromatic N) is 2. The first-order valence-electron chi connectivity index (χ1n) is 6.10. The number of rotatable bonds is 2. The number of nitrogen functional groups attached to an aromatic ring is 1. The number of aryl methyl sites for hydroxylation is 2. The molecule has 98 valence electrons. The van der Waals surface area contributed by atoms with E-state index >= 15 is 0 Å². The number of nitrogens with one attached hydrogen (secondary N) is 1. The minimum absolute atomic E-state index is 0.0292. The molecule has 0 bridgehead atoms. The Balaban J connectivity index is 2.47. The Kier molecular flexibility index (Phi) is 3.02. The Morgan fingerprint density at radius 1 is 1.56 bits per heavy atom. The lowest BCUT2D eigenvalue weighted by molar-refractivity contribution is 0.0839. The lowest BCUT2D eigenvalue weighted by atomic mass is 10.1. The highest BCUT2D eigenvalue weighted by molar-refractivity contribution is 6.01. The molecule has 2 heterocycles. The summed E-state index contributed by atoms with van der Waals surface area (Å²) in [4.78, 5) is 6.51. The number of hydrogen-bond donors (Lipinski definition) is 3. The van der Waals surface area contributed by atoms with Gasteiger partial charge >= 0.3 is 0 Å². The highest BCUT2D eigenvalue weighted by atomic mass is 16.3. The number of aliphatic hydroxyl groups is 1. The van der Waals surface area contributed by atoms with Crippen molar-refractivity contribution in [2.75, 3.05) is 18.0 Å². The van der Waals surface area contributed by atoms with Crippen LogP contribution in [-0.4, -0.2) is 34.6 Å². The van der Waals surface area contributed by atoms with Crippen LogP contribution in [0.1, 0.15) is 30.2 Å². The maximum absolute atomic E-state index is 10.0. The van der Waals surface area contributed by atoms with Crippen LogP contribution in [0.3, 0.4) is 0 Å². The van der Waals surface area contributed by atoms with Crippen molar-refractivity contribution in [1.29, 1.82) is 5.41 Å². The van der Waals surface area contributed by atoms with Gasteiger partial charge in [-0.2, -0.15) is 0 Å². The predicted molar refractivity (Wildman–Crippen MR) is 72.2 cm³/mol. The van der Waals surface area contributed by atoms with Crippen LogP contribution in [0, 0.1) is 19.3 Å². The zero-order valence-electron chi connectivity index (χ0n) is 11.1. The fourth-order valence-corrected chi connectivity index (χ4v) is 2.50. The molecule has 1 fully saturated rings. The minimum atomic E-state index is -0.687. The number of anilines is 1. The van der Waals surface area contributed by atoms with Gasteiger partial charge < -0.3 is 15.7 Å². The van der Waals surface area contributed by atoms with Gasteiger partial charge in [0.25, 0.3) is 0 Å². The number of pyridine rings is 1. The molecule has 1 saturated heterocycles. The average Bonchev–Trinajstić information content (AvgIpc) is 2.56. The highest BCUT2D eigenvalue weighted by Gasteiger charge is 2.33. The van der Waals surface area contributed by atoms with E-state index in [9.17, 15) is 5.11 Å². The molecule has 1 aromatic heterocycles. The topological polar surface area (TPSA) is 86.2 Å². The number of amidine groups is 1. The molecule has 1 atom stereocenters. The maximum Gasteiger partial charge on any atom is 0.140 e. The molecule has 4 N–H and O–H groups in total. The fourth-order valence-electron chi connectivity index (χ4n) is 2.50. The lowest BCUT2D eigenvalue weighted by Crippen LogP contribution is -2.32. The van der Waals surface area contributed by atoms with Crippen LogP contribution in [0.2, 0.25) is 0 Å². The zero-order chi connectivity index (χ0) is 13.5. The van der Waals surface area contributed by atoms with Gasteiger partial charge in [0.05, 0.1) is 11.2 Å². The van der Waals surface area contributed by atoms with Gasteiger partial charge in [-0.15, -0.1) is 0 Å². The first-order chi connectivity index (χ1) is 8.30. The van der Waals surface area contributed by atoms with Gasteiger partial charge in [-0.25, -0.2) is 4.98 Å². The van der Waals surface area contributed by atoms with E-state index in [0.717, 1.165) is 23.6 Å². The Bertz CT molecular complexity index is 496. The summed E-state index contributed by atoms with van der Waals surface area (Å²) in [5.41, 5.74) is 7.50. The second kappa shape index (κ2) is 4.24. The van der Waals surface area contributed by atoms with Gasteiger partial charge in [0, 0.05) is 18.8 Å². The third-order valence-electron chi connectivity index (χ3n) is 3.35. The Morgan fingerprint density at radius 3 is 2.72 bits per heavy atom. The van der Waals surface area contributed by atoms with E-state index in [1.807, 2.05) is 31.7 Å². The first kappa shape index (κ1) is 12.8. The molecule has 1 unspecified atom stereocenters. The highest BCUT2D eigenvalue weighted by Crippen LogP contribution is 2.29. The van der Waals surface area contributed by atoms with Crippen molar-refractivity contribution >= 4 is 11.7 Å². The van der Waals surface area contributed by atoms with Crippen LogP contribution in [0.15, 0.2) is 6.07 Å². The quantitative estimate of drug-likeness (QED) is 0.537. The van der Waals surface area contributed by atoms with E-state index in [0.29, 0.717) is 18.5 Å². The summed E-state index contributed by atoms with van der Waals surface area (Å²) in [7, 11) is 0. The fraction of sp³-hybridized carbons (Fsp3) is 0.538. The van der Waals surface area contributed by atoms with Crippen LogP contribution in [0.4, 0.5) is 5.82 Å². The molecule has 0 spiro atoms. The third-order valence-corrected chi connectivity index (χ3v) is 3.35. The van der Waals surface area contributed by atoms with Gasteiger partial charge in [0.15, 0.2) is 0 Å². The van der Waals surface area contributed by atoms with E-state index < -0.39 is 5.60 Å². The van der Waals surface area contributed by atoms with Gasteiger partial charge in [0.1, 0.15) is 11.7 Å². The molecule has 0 amide bonds. The van der Waals surface area contributed by atoms with Crippen molar-refractivity contribution in [2.45, 2.75) is 32.8 Å². The maximum atomic E-state index is 10.0. The van der Waals surface area contributed by atoms with Crippen molar-refractivity contribution in [3.8, 4) is 0 Å². The molecule has 1 aliphatic rings. The van der Waals surface area contributed by atoms with Crippen LogP contribution in [0.5, 0.6) is 0 Å². The van der Waals surface area contributed by atoms with Crippen molar-refractivity contribution in [3.05, 3.63) is 22.9 Å². The SMILES string of the molecule is Cc1cc(C)c(C(=N)N)c(N2CCC(C)(O)C2)n1. The molecule has 5 nitrogen and oxygen atoms in total. The van der Waals surface area contributed by atoms with Gasteiger partial charge in [-0.1, -0.05) is 0 Å². The molecular formula is C13H20N4O. The first-order valence-corrected chi connectivity index (χ1v) is 6.10. The molecule has 18 heavy (non-hydrogen) atoms. The summed E-state index contributed by atoms with van der Waals surface area (Å²) in [6, 6.07) is 1.93. The lowest BCUT2D eigenvalue weighted by Gasteiger charge is -2.23. The second-order valence-electron chi connectivity index (χ2n) is 5.36. The summed E-state index contributed by atoms with van der Waals surface area (Å²) in [5, 5.41) is 17.7. The second-order valence-corrected chi connectivity index (χ2v) is 5.36. The van der Waals surface area contributed by atoms with Crippen LogP contribution >= 0.6 is 0 Å². The van der Waals surface area contributed by atoms with Gasteiger partial charge in [-0.05, 0) is 38.8 Å². The summed E-state index contributed by atoms with van der Waals surface area (Å²) in [6.07, 6.45) is 0.707. The van der Waals surface area contributed by atoms with E-state index in [1.54, 1.807) is 0 Å². The van der Waals surface area contributed by atoms with Gasteiger partial charge in [0.2, 0.25) is 0 Å². The summed E-state index contributed by atoms with van der Waals surface area (Å²) >= 11 is 0. The minimum Gasteiger partial charge on any atom is -0.388 e. The van der Waals surface area contributed by atoms with Crippen molar-refractivity contribution in [2.24, 2.45) is 5.73 Å². The Labute approximate surface area is 107 Å². The molecule has 0 aromatic carbocycles. The van der Waals surface area contributed by atoms with Gasteiger partial charge in [-0.3, -0.25) is 5.41 Å². The summed E-state index contributed by atoms with van der Waals surface area (Å²) < 4.78 is 0. The number of aromatic nitrogens is 1. The molecule has 1 aliphatic heterocycles. The van der Waals surface area contributed by atoms with E-state index in [1.165, 1.54) is 0 Å². The zero-order valence-corrected chi connectivity index (χ0v) is 11.1. The van der Waals surface area contributed by atoms with E-state index in [4.69, 9.17) is 11.1 Å². The van der Waals surface area contributed by atoms with E-state index in [-0.39, 0.29) is 5.84 Å².